The molecular weight excluding hydrogens is 294 g/mol. The van der Waals surface area contributed by atoms with Crippen molar-refractivity contribution in [1.29, 1.82) is 0 Å². The molecule has 0 radical (unpaired) electrons. The van der Waals surface area contributed by atoms with E-state index in [0.717, 1.165) is 23.7 Å². The van der Waals surface area contributed by atoms with Gasteiger partial charge in [0, 0.05) is 11.6 Å². The van der Waals surface area contributed by atoms with Gasteiger partial charge in [-0.1, -0.05) is 24.9 Å². The minimum atomic E-state index is 0.696. The van der Waals surface area contributed by atoms with Crippen molar-refractivity contribution >= 4 is 24.2 Å². The van der Waals surface area contributed by atoms with E-state index in [0.29, 0.717) is 11.8 Å². The summed E-state index contributed by atoms with van der Waals surface area (Å²) < 4.78 is 7.14. The molecule has 0 amide bonds. The fourth-order valence-corrected chi connectivity index (χ4v) is 1.76. The van der Waals surface area contributed by atoms with Crippen molar-refractivity contribution < 1.29 is 4.74 Å². The number of ether oxygens (including phenoxy) is 1. The quantitative estimate of drug-likeness (QED) is 0.845. The van der Waals surface area contributed by atoms with Gasteiger partial charge in [-0.2, -0.15) is 0 Å². The van der Waals surface area contributed by atoms with Gasteiger partial charge in [0.25, 0.3) is 0 Å². The molecule has 2 aromatic rings. The number of thiol groups is 1. The molecule has 0 saturated heterocycles. The fraction of sp³-hybridized carbons (Fsp3) is 0.429. The lowest BCUT2D eigenvalue weighted by atomic mass is 10.3. The number of hydrogen-bond acceptors (Lipinski definition) is 4. The first-order chi connectivity index (χ1) is 9.67. The van der Waals surface area contributed by atoms with Gasteiger partial charge in [-0.25, -0.2) is 0 Å². The lowest BCUT2D eigenvalue weighted by Crippen LogP contribution is -1.95. The molecule has 0 aliphatic carbocycles. The zero-order valence-corrected chi connectivity index (χ0v) is 13.4. The van der Waals surface area contributed by atoms with Gasteiger partial charge in [0.05, 0.1) is 6.61 Å². The van der Waals surface area contributed by atoms with Gasteiger partial charge in [0.15, 0.2) is 5.16 Å². The average Bonchev–Trinajstić information content (AvgIpc) is 2.86. The van der Waals surface area contributed by atoms with Crippen LogP contribution in [0.5, 0.6) is 5.75 Å². The zero-order chi connectivity index (χ0) is 14.8. The first-order valence-electron chi connectivity index (χ1n) is 6.62. The van der Waals surface area contributed by atoms with Crippen molar-refractivity contribution in [2.24, 2.45) is 0 Å². The highest BCUT2D eigenvalue weighted by Gasteiger charge is 1.95. The van der Waals surface area contributed by atoms with E-state index in [9.17, 15) is 0 Å². The maximum absolute atomic E-state index is 5.66. The molecule has 0 saturated carbocycles. The summed E-state index contributed by atoms with van der Waals surface area (Å²) in [5.74, 6) is 0.868. The van der Waals surface area contributed by atoms with Crippen molar-refractivity contribution in [3.63, 3.8) is 0 Å². The van der Waals surface area contributed by atoms with Crippen molar-refractivity contribution in [3.8, 4) is 5.75 Å². The van der Waals surface area contributed by atoms with Crippen LogP contribution in [0.4, 0.5) is 0 Å². The van der Waals surface area contributed by atoms with Gasteiger partial charge in [0.1, 0.15) is 12.1 Å². The number of aromatic nitrogens is 3. The van der Waals surface area contributed by atoms with E-state index in [1.807, 2.05) is 35.8 Å². The van der Waals surface area contributed by atoms with Crippen LogP contribution in [0.3, 0.4) is 0 Å². The molecule has 20 heavy (non-hydrogen) atoms. The van der Waals surface area contributed by atoms with Crippen LogP contribution in [-0.2, 0) is 6.54 Å². The van der Waals surface area contributed by atoms with Crippen LogP contribution in [-0.4, -0.2) is 21.4 Å². The third-order valence-corrected chi connectivity index (χ3v) is 3.07. The summed E-state index contributed by atoms with van der Waals surface area (Å²) in [6.45, 7) is 5.78. The summed E-state index contributed by atoms with van der Waals surface area (Å²) in [7, 11) is 0. The Bertz CT molecular complexity index is 487. The van der Waals surface area contributed by atoms with Gasteiger partial charge >= 0.3 is 0 Å². The van der Waals surface area contributed by atoms with Gasteiger partial charge in [0.2, 0.25) is 0 Å². The molecule has 2 rings (SSSR count). The third-order valence-electron chi connectivity index (χ3n) is 2.47. The molecule has 0 aliphatic heterocycles. The Morgan fingerprint density at radius 3 is 2.45 bits per heavy atom. The highest BCUT2D eigenvalue weighted by molar-refractivity contribution is 7.80. The van der Waals surface area contributed by atoms with Crippen LogP contribution in [0.25, 0.3) is 0 Å². The topological polar surface area (TPSA) is 39.9 Å². The van der Waals surface area contributed by atoms with Crippen LogP contribution in [0.1, 0.15) is 26.7 Å². The first-order valence-corrected chi connectivity index (χ1v) is 7.45. The molecule has 0 aliphatic rings. The lowest BCUT2D eigenvalue weighted by Gasteiger charge is -2.00. The number of hydrogen-bond donors (Lipinski definition) is 1. The minimum Gasteiger partial charge on any atom is -0.494 e. The Morgan fingerprint density at radius 1 is 1.25 bits per heavy atom. The van der Waals surface area contributed by atoms with E-state index < -0.39 is 0 Å². The van der Waals surface area contributed by atoms with E-state index >= 15 is 0 Å². The van der Waals surface area contributed by atoms with Crippen molar-refractivity contribution in [2.75, 3.05) is 6.61 Å². The molecule has 0 bridgehead atoms. The summed E-state index contributed by atoms with van der Waals surface area (Å²) in [5, 5.41) is 8.90. The first kappa shape index (κ1) is 16.9. The van der Waals surface area contributed by atoms with Gasteiger partial charge in [-0.15, -0.1) is 22.8 Å². The fourth-order valence-electron chi connectivity index (χ4n) is 1.43. The SMILES string of the molecule is CCCCn1cnnc1S.CCOc1ccc(Cl)cc1. The van der Waals surface area contributed by atoms with Crippen molar-refractivity contribution in [1.82, 2.24) is 14.8 Å². The van der Waals surface area contributed by atoms with E-state index in [4.69, 9.17) is 16.3 Å². The predicted molar refractivity (Wildman–Crippen MR) is 84.8 cm³/mol. The van der Waals surface area contributed by atoms with Crippen LogP contribution < -0.4 is 4.74 Å². The Balaban J connectivity index is 0.000000200. The number of aryl methyl sites for hydroxylation is 1. The second-order valence-electron chi connectivity index (χ2n) is 4.06. The highest BCUT2D eigenvalue weighted by atomic mass is 35.5. The molecule has 0 spiro atoms. The molecule has 1 aromatic carbocycles. The number of halogens is 1. The molecule has 4 nitrogen and oxygen atoms in total. The lowest BCUT2D eigenvalue weighted by molar-refractivity contribution is 0.340. The van der Waals surface area contributed by atoms with Crippen LogP contribution in [0.15, 0.2) is 35.7 Å². The van der Waals surface area contributed by atoms with Crippen LogP contribution in [0, 0.1) is 0 Å². The number of unbranched alkanes of at least 4 members (excludes halogenated alkanes) is 1. The van der Waals surface area contributed by atoms with Crippen molar-refractivity contribution in [3.05, 3.63) is 35.6 Å². The van der Waals surface area contributed by atoms with E-state index in [1.54, 1.807) is 6.33 Å². The monoisotopic (exact) mass is 313 g/mol. The Labute approximate surface area is 130 Å². The second-order valence-corrected chi connectivity index (χ2v) is 4.90. The minimum absolute atomic E-state index is 0.696. The number of benzene rings is 1. The molecule has 0 fully saturated rings. The average molecular weight is 314 g/mol. The molecule has 1 aromatic heterocycles. The molecule has 0 N–H and O–H groups in total. The molecule has 6 heteroatoms. The Morgan fingerprint density at radius 2 is 1.95 bits per heavy atom. The van der Waals surface area contributed by atoms with Crippen molar-refractivity contribution in [2.45, 2.75) is 38.4 Å². The number of rotatable bonds is 5. The van der Waals surface area contributed by atoms with Crippen LogP contribution in [0.2, 0.25) is 5.02 Å². The third kappa shape index (κ3) is 6.30. The Hall–Kier alpha value is -1.20. The summed E-state index contributed by atoms with van der Waals surface area (Å²) >= 11 is 9.77. The summed E-state index contributed by atoms with van der Waals surface area (Å²) in [6, 6.07) is 7.33. The normalized spacial score (nSPS) is 9.80. The molecular formula is C14H20ClN3OS. The van der Waals surface area contributed by atoms with Gasteiger partial charge in [-0.3, -0.25) is 0 Å². The van der Waals surface area contributed by atoms with E-state index in [1.165, 1.54) is 6.42 Å². The standard InChI is InChI=1S/C8H9ClO.C6H11N3S/c1-2-10-8-5-3-7(9)4-6-8;1-2-3-4-9-5-7-8-6(9)10/h3-6H,2H2,1H3;5H,2-4H2,1H3,(H,8,10). The zero-order valence-electron chi connectivity index (χ0n) is 11.8. The molecule has 0 atom stereocenters. The van der Waals surface area contributed by atoms with E-state index in [-0.39, 0.29) is 0 Å². The largest absolute Gasteiger partial charge is 0.494 e. The molecule has 110 valence electrons. The maximum Gasteiger partial charge on any atom is 0.187 e. The Kier molecular flexibility index (Phi) is 8.14. The summed E-state index contributed by atoms with van der Waals surface area (Å²) in [5.41, 5.74) is 0. The second kappa shape index (κ2) is 9.66. The summed E-state index contributed by atoms with van der Waals surface area (Å²) in [4.78, 5) is 0. The maximum atomic E-state index is 5.66. The number of nitrogens with zero attached hydrogens (tertiary/aromatic N) is 3. The van der Waals surface area contributed by atoms with Gasteiger partial charge in [-0.05, 0) is 37.6 Å². The smallest absolute Gasteiger partial charge is 0.187 e. The highest BCUT2D eigenvalue weighted by Crippen LogP contribution is 2.14. The van der Waals surface area contributed by atoms with E-state index in [2.05, 4.69) is 29.7 Å². The van der Waals surface area contributed by atoms with Crippen LogP contribution >= 0.6 is 24.2 Å². The van der Waals surface area contributed by atoms with Gasteiger partial charge < -0.3 is 9.30 Å². The predicted octanol–water partition coefficient (Wildman–Crippen LogP) is 4.11. The summed E-state index contributed by atoms with van der Waals surface area (Å²) in [6.07, 6.45) is 4.05. The molecule has 1 heterocycles. The molecule has 0 unspecified atom stereocenters.